The van der Waals surface area contributed by atoms with Gasteiger partial charge in [-0.05, 0) is 39.0 Å². The van der Waals surface area contributed by atoms with Crippen LogP contribution in [0.2, 0.25) is 0 Å². The zero-order valence-electron chi connectivity index (χ0n) is 19.8. The molecule has 0 spiro atoms. The van der Waals surface area contributed by atoms with Crippen LogP contribution in [0.3, 0.4) is 0 Å². The molecule has 0 aliphatic carbocycles. The van der Waals surface area contributed by atoms with Gasteiger partial charge in [-0.15, -0.1) is 0 Å². The highest BCUT2D eigenvalue weighted by atomic mass is 16.3. The predicted octanol–water partition coefficient (Wildman–Crippen LogP) is 7.05. The molecule has 29 heavy (non-hydrogen) atoms. The minimum Gasteiger partial charge on any atom is -0.390 e. The minimum absolute atomic E-state index is 0.276. The quantitative estimate of drug-likeness (QED) is 0.131. The van der Waals surface area contributed by atoms with Crippen molar-refractivity contribution in [2.24, 2.45) is 4.99 Å². The van der Waals surface area contributed by atoms with Crippen LogP contribution in [0.1, 0.15) is 117 Å². The number of aliphatic hydroxyl groups is 1. The van der Waals surface area contributed by atoms with Gasteiger partial charge in [0.1, 0.15) is 13.1 Å². The smallest absolute Gasteiger partial charge is 0.198 e. The van der Waals surface area contributed by atoms with Crippen molar-refractivity contribution in [3.8, 4) is 0 Å². The SMILES string of the molecule is CCCCCCCCCCC/C=C/CCCCCCC1=NCC[N+]1(CC)CCO. The van der Waals surface area contributed by atoms with Gasteiger partial charge in [0.25, 0.3) is 0 Å². The number of unbranched alkanes of at least 4 members (excludes halogenated alkanes) is 13. The first kappa shape index (κ1) is 26.4. The Bertz CT molecular complexity index is 432. The zero-order valence-corrected chi connectivity index (χ0v) is 19.8. The maximum absolute atomic E-state index is 9.38. The van der Waals surface area contributed by atoms with Gasteiger partial charge in [-0.25, -0.2) is 4.99 Å². The second-order valence-electron chi connectivity index (χ2n) is 8.97. The number of allylic oxidation sites excluding steroid dienone is 2. The maximum atomic E-state index is 9.38. The monoisotopic (exact) mass is 407 g/mol. The van der Waals surface area contributed by atoms with Crippen molar-refractivity contribution in [1.82, 2.24) is 0 Å². The van der Waals surface area contributed by atoms with Crippen LogP contribution in [0.5, 0.6) is 0 Å². The number of aliphatic imine (C=N–C) groups is 1. The molecule has 1 atom stereocenters. The number of hydrogen-bond acceptors (Lipinski definition) is 2. The first-order chi connectivity index (χ1) is 14.3. The Kier molecular flexibility index (Phi) is 16.5. The highest BCUT2D eigenvalue weighted by molar-refractivity contribution is 5.76. The molecule has 0 saturated heterocycles. The molecular weight excluding hydrogens is 356 g/mol. The summed E-state index contributed by atoms with van der Waals surface area (Å²) in [5, 5.41) is 9.38. The van der Waals surface area contributed by atoms with E-state index in [-0.39, 0.29) is 6.61 Å². The summed E-state index contributed by atoms with van der Waals surface area (Å²) < 4.78 is 0.943. The van der Waals surface area contributed by atoms with E-state index in [0.717, 1.165) is 37.1 Å². The standard InChI is InChI=1S/C26H51N2O/c1-3-5-6-7-8-9-10-11-12-13-14-15-16-17-18-19-20-21-26-27-22-23-28(26,4-2)24-25-29/h14-15,29H,3-13,16-25H2,1-2H3/q+1/b15-14+. The largest absolute Gasteiger partial charge is 0.390 e. The molecule has 1 N–H and O–H groups in total. The first-order valence-corrected chi connectivity index (χ1v) is 12.9. The lowest BCUT2D eigenvalue weighted by Gasteiger charge is -2.33. The average Bonchev–Trinajstić information content (AvgIpc) is 3.13. The molecule has 1 aliphatic rings. The summed E-state index contributed by atoms with van der Waals surface area (Å²) in [7, 11) is 0. The first-order valence-electron chi connectivity index (χ1n) is 12.9. The molecule has 0 amide bonds. The second-order valence-corrected chi connectivity index (χ2v) is 8.97. The van der Waals surface area contributed by atoms with Crippen LogP contribution in [0, 0.1) is 0 Å². The summed E-state index contributed by atoms with van der Waals surface area (Å²) in [6.07, 6.45) is 26.5. The molecule has 0 saturated carbocycles. The van der Waals surface area contributed by atoms with Crippen LogP contribution in [0.4, 0.5) is 0 Å². The van der Waals surface area contributed by atoms with Crippen molar-refractivity contribution in [3.63, 3.8) is 0 Å². The molecule has 1 rings (SSSR count). The van der Waals surface area contributed by atoms with Crippen molar-refractivity contribution in [1.29, 1.82) is 0 Å². The molecule has 0 bridgehead atoms. The van der Waals surface area contributed by atoms with E-state index in [2.05, 4.69) is 26.0 Å². The van der Waals surface area contributed by atoms with Crippen LogP contribution in [0.15, 0.2) is 17.1 Å². The summed E-state index contributed by atoms with van der Waals surface area (Å²) in [5.74, 6) is 1.35. The Morgan fingerprint density at radius 2 is 1.34 bits per heavy atom. The summed E-state index contributed by atoms with van der Waals surface area (Å²) in [6, 6.07) is 0. The highest BCUT2D eigenvalue weighted by Gasteiger charge is 2.35. The van der Waals surface area contributed by atoms with E-state index < -0.39 is 0 Å². The van der Waals surface area contributed by atoms with Crippen molar-refractivity contribution in [2.45, 2.75) is 117 Å². The molecule has 1 heterocycles. The zero-order chi connectivity index (χ0) is 21.0. The lowest BCUT2D eigenvalue weighted by atomic mass is 10.1. The van der Waals surface area contributed by atoms with Gasteiger partial charge < -0.3 is 5.11 Å². The fraction of sp³-hybridized carbons (Fsp3) is 0.885. The molecular formula is C26H51N2O+. The molecule has 1 unspecified atom stereocenters. The minimum atomic E-state index is 0.276. The third kappa shape index (κ3) is 11.9. The van der Waals surface area contributed by atoms with Crippen LogP contribution >= 0.6 is 0 Å². The summed E-state index contributed by atoms with van der Waals surface area (Å²) >= 11 is 0. The molecule has 0 aromatic heterocycles. The molecule has 3 heteroatoms. The molecule has 0 aromatic carbocycles. The average molecular weight is 408 g/mol. The Morgan fingerprint density at radius 3 is 1.90 bits per heavy atom. The number of quaternary nitrogens is 1. The van der Waals surface area contributed by atoms with Crippen LogP contribution < -0.4 is 0 Å². The van der Waals surface area contributed by atoms with Crippen molar-refractivity contribution in [3.05, 3.63) is 12.2 Å². The van der Waals surface area contributed by atoms with E-state index in [0.29, 0.717) is 0 Å². The maximum Gasteiger partial charge on any atom is 0.198 e. The molecule has 0 fully saturated rings. The van der Waals surface area contributed by atoms with Gasteiger partial charge in [-0.1, -0.05) is 83.3 Å². The van der Waals surface area contributed by atoms with Crippen LogP contribution in [-0.2, 0) is 0 Å². The van der Waals surface area contributed by atoms with E-state index >= 15 is 0 Å². The van der Waals surface area contributed by atoms with Crippen molar-refractivity contribution >= 4 is 5.84 Å². The highest BCUT2D eigenvalue weighted by Crippen LogP contribution is 2.19. The number of nitrogens with zero attached hydrogens (tertiary/aromatic N) is 2. The lowest BCUT2D eigenvalue weighted by molar-refractivity contribution is -0.835. The van der Waals surface area contributed by atoms with Gasteiger partial charge in [0.05, 0.1) is 19.7 Å². The van der Waals surface area contributed by atoms with Gasteiger partial charge in [0.15, 0.2) is 5.84 Å². The number of rotatable bonds is 20. The van der Waals surface area contributed by atoms with E-state index in [1.165, 1.54) is 102 Å². The van der Waals surface area contributed by atoms with Gasteiger partial charge in [-0.2, -0.15) is 0 Å². The normalized spacial score (nSPS) is 19.3. The van der Waals surface area contributed by atoms with Crippen LogP contribution in [-0.4, -0.2) is 48.2 Å². The number of hydrogen-bond donors (Lipinski definition) is 1. The molecule has 3 nitrogen and oxygen atoms in total. The Morgan fingerprint density at radius 1 is 0.793 bits per heavy atom. The van der Waals surface area contributed by atoms with Crippen LogP contribution in [0.25, 0.3) is 0 Å². The summed E-state index contributed by atoms with van der Waals surface area (Å²) in [6.45, 7) is 8.76. The summed E-state index contributed by atoms with van der Waals surface area (Å²) in [4.78, 5) is 4.76. The molecule has 0 aromatic rings. The fourth-order valence-corrected chi connectivity index (χ4v) is 4.60. The number of likely N-dealkylation sites (N-methyl/N-ethyl adjacent to an activating group) is 1. The summed E-state index contributed by atoms with van der Waals surface area (Å²) in [5.41, 5.74) is 0. The molecule has 1 aliphatic heterocycles. The van der Waals surface area contributed by atoms with Gasteiger partial charge in [0, 0.05) is 6.42 Å². The second kappa shape index (κ2) is 18.1. The van der Waals surface area contributed by atoms with E-state index in [1.807, 2.05) is 0 Å². The van der Waals surface area contributed by atoms with Gasteiger partial charge >= 0.3 is 0 Å². The molecule has 170 valence electrons. The van der Waals surface area contributed by atoms with Gasteiger partial charge in [-0.3, -0.25) is 4.48 Å². The van der Waals surface area contributed by atoms with E-state index in [9.17, 15) is 5.11 Å². The Balaban J connectivity index is 1.89. The van der Waals surface area contributed by atoms with E-state index in [4.69, 9.17) is 4.99 Å². The van der Waals surface area contributed by atoms with Crippen molar-refractivity contribution < 1.29 is 9.59 Å². The molecule has 0 radical (unpaired) electrons. The lowest BCUT2D eigenvalue weighted by Crippen LogP contribution is -2.52. The van der Waals surface area contributed by atoms with Gasteiger partial charge in [0.2, 0.25) is 0 Å². The topological polar surface area (TPSA) is 32.6 Å². The Labute approximate surface area is 182 Å². The van der Waals surface area contributed by atoms with E-state index in [1.54, 1.807) is 0 Å². The third-order valence-corrected chi connectivity index (χ3v) is 6.67. The number of aliphatic hydroxyl groups excluding tert-OH is 1. The number of amidine groups is 1. The predicted molar refractivity (Wildman–Crippen MR) is 129 cm³/mol. The third-order valence-electron chi connectivity index (χ3n) is 6.67. The van der Waals surface area contributed by atoms with Crippen molar-refractivity contribution in [2.75, 3.05) is 32.8 Å². The Hall–Kier alpha value is -0.670. The fourth-order valence-electron chi connectivity index (χ4n) is 4.60.